The zero-order valence-electron chi connectivity index (χ0n) is 24.0. The van der Waals surface area contributed by atoms with Crippen LogP contribution in [0.3, 0.4) is 0 Å². The lowest BCUT2D eigenvalue weighted by Gasteiger charge is -2.25. The Kier molecular flexibility index (Phi) is 8.97. The molecule has 1 aliphatic rings. The number of carbonyl (C=O) groups excluding carboxylic acids is 2. The second-order valence-corrected chi connectivity index (χ2v) is 10.7. The lowest BCUT2D eigenvalue weighted by atomic mass is 9.95. The van der Waals surface area contributed by atoms with Gasteiger partial charge in [-0.3, -0.25) is 14.2 Å². The Hall–Kier alpha value is -4.38. The summed E-state index contributed by atoms with van der Waals surface area (Å²) in [6, 6.07) is 9.31. The van der Waals surface area contributed by atoms with Crippen molar-refractivity contribution in [2.24, 2.45) is 10.9 Å². The number of rotatable bonds is 9. The zero-order chi connectivity index (χ0) is 29.8. The van der Waals surface area contributed by atoms with E-state index in [0.717, 1.165) is 0 Å². The van der Waals surface area contributed by atoms with Gasteiger partial charge < -0.3 is 23.7 Å². The Morgan fingerprint density at radius 1 is 1.02 bits per heavy atom. The molecule has 10 nitrogen and oxygen atoms in total. The van der Waals surface area contributed by atoms with Crippen molar-refractivity contribution >= 4 is 29.4 Å². The van der Waals surface area contributed by atoms with Gasteiger partial charge in [0.1, 0.15) is 11.5 Å². The monoisotopic (exact) mass is 580 g/mol. The topological polar surface area (TPSA) is 115 Å². The molecule has 1 atom stereocenters. The number of ether oxygens (including phenoxy) is 5. The molecule has 1 aromatic heterocycles. The van der Waals surface area contributed by atoms with Crippen LogP contribution in [-0.4, -0.2) is 44.4 Å². The van der Waals surface area contributed by atoms with E-state index in [-0.39, 0.29) is 35.2 Å². The SMILES string of the molecule is COc1ccc(OC)c(/C=c2/sc3n(c2=O)[C@H](c2ccc(OC(C)=O)c(OC)c2)C(C(=O)OCC(C)C)=C(C)N=3)c1. The van der Waals surface area contributed by atoms with Gasteiger partial charge in [-0.15, -0.1) is 0 Å². The van der Waals surface area contributed by atoms with Crippen molar-refractivity contribution in [1.82, 2.24) is 4.57 Å². The molecule has 0 spiro atoms. The molecule has 0 aliphatic carbocycles. The van der Waals surface area contributed by atoms with E-state index in [0.29, 0.717) is 37.7 Å². The highest BCUT2D eigenvalue weighted by molar-refractivity contribution is 7.07. The number of thiazole rings is 1. The van der Waals surface area contributed by atoms with E-state index in [1.807, 2.05) is 13.8 Å². The highest BCUT2D eigenvalue weighted by Crippen LogP contribution is 2.36. The fraction of sp³-hybridized carbons (Fsp3) is 0.333. The minimum absolute atomic E-state index is 0.112. The third kappa shape index (κ3) is 6.19. The molecule has 41 heavy (non-hydrogen) atoms. The van der Waals surface area contributed by atoms with Gasteiger partial charge in [-0.25, -0.2) is 9.79 Å². The van der Waals surface area contributed by atoms with Crippen LogP contribution in [0.4, 0.5) is 0 Å². The lowest BCUT2D eigenvalue weighted by Crippen LogP contribution is -2.40. The maximum atomic E-state index is 14.0. The molecular formula is C30H32N2O8S. The molecule has 1 aliphatic heterocycles. The van der Waals surface area contributed by atoms with Crippen molar-refractivity contribution in [2.45, 2.75) is 33.7 Å². The van der Waals surface area contributed by atoms with Gasteiger partial charge in [0.25, 0.3) is 5.56 Å². The number of methoxy groups -OCH3 is 3. The number of nitrogens with zero attached hydrogens (tertiary/aromatic N) is 2. The van der Waals surface area contributed by atoms with Gasteiger partial charge in [0.15, 0.2) is 16.3 Å². The molecule has 0 saturated carbocycles. The first kappa shape index (κ1) is 29.6. The minimum Gasteiger partial charge on any atom is -0.497 e. The summed E-state index contributed by atoms with van der Waals surface area (Å²) in [4.78, 5) is 44.1. The normalized spacial score (nSPS) is 14.8. The average molecular weight is 581 g/mol. The largest absolute Gasteiger partial charge is 0.497 e. The van der Waals surface area contributed by atoms with Crippen molar-refractivity contribution in [1.29, 1.82) is 0 Å². The molecule has 0 saturated heterocycles. The van der Waals surface area contributed by atoms with Gasteiger partial charge in [0, 0.05) is 12.5 Å². The first-order valence-electron chi connectivity index (χ1n) is 12.9. The number of aromatic nitrogens is 1. The molecule has 0 bridgehead atoms. The molecule has 2 aromatic carbocycles. The Labute approximate surface area is 241 Å². The van der Waals surface area contributed by atoms with Crippen molar-refractivity contribution in [3.63, 3.8) is 0 Å². The first-order valence-corrected chi connectivity index (χ1v) is 13.7. The maximum absolute atomic E-state index is 14.0. The molecular weight excluding hydrogens is 548 g/mol. The van der Waals surface area contributed by atoms with Gasteiger partial charge in [0.2, 0.25) is 0 Å². The Bertz CT molecular complexity index is 1700. The van der Waals surface area contributed by atoms with Crippen LogP contribution in [0.1, 0.15) is 44.9 Å². The predicted octanol–water partition coefficient (Wildman–Crippen LogP) is 3.39. The zero-order valence-corrected chi connectivity index (χ0v) is 24.8. The average Bonchev–Trinajstić information content (AvgIpc) is 3.24. The summed E-state index contributed by atoms with van der Waals surface area (Å²) in [6.07, 6.45) is 1.71. The number of carbonyl (C=O) groups is 2. The van der Waals surface area contributed by atoms with Crippen LogP contribution < -0.4 is 33.8 Å². The van der Waals surface area contributed by atoms with Crippen LogP contribution in [0.25, 0.3) is 6.08 Å². The van der Waals surface area contributed by atoms with Crippen LogP contribution in [-0.2, 0) is 14.3 Å². The van der Waals surface area contributed by atoms with Crippen LogP contribution in [0.5, 0.6) is 23.0 Å². The van der Waals surface area contributed by atoms with Gasteiger partial charge in [-0.05, 0) is 54.8 Å². The minimum atomic E-state index is -0.874. The second-order valence-electron chi connectivity index (χ2n) is 9.69. The number of esters is 2. The quantitative estimate of drug-likeness (QED) is 0.280. The molecule has 2 heterocycles. The number of hydrogen-bond donors (Lipinski definition) is 0. The van der Waals surface area contributed by atoms with E-state index in [2.05, 4.69) is 4.99 Å². The molecule has 0 N–H and O–H groups in total. The summed E-state index contributed by atoms with van der Waals surface area (Å²) in [5.41, 5.74) is 1.50. The standard InChI is InChI=1S/C30H32N2O8S/c1-16(2)15-39-29(35)26-17(3)31-30-32(27(26)19-8-10-23(40-18(4)33)24(13-19)38-7)28(34)25(41-30)14-20-12-21(36-5)9-11-22(20)37-6/h8-14,16,27H,15H2,1-7H3/b25-14+/t27-/m1/s1. The third-order valence-electron chi connectivity index (χ3n) is 6.27. The molecule has 4 rings (SSSR count). The van der Waals surface area contributed by atoms with E-state index in [1.54, 1.807) is 63.6 Å². The first-order chi connectivity index (χ1) is 19.6. The summed E-state index contributed by atoms with van der Waals surface area (Å²) < 4.78 is 29.0. The van der Waals surface area contributed by atoms with Crippen molar-refractivity contribution in [3.8, 4) is 23.0 Å². The van der Waals surface area contributed by atoms with Gasteiger partial charge in [-0.1, -0.05) is 31.3 Å². The summed E-state index contributed by atoms with van der Waals surface area (Å²) in [7, 11) is 4.55. The number of allylic oxidation sites excluding steroid dienone is 1. The Morgan fingerprint density at radius 2 is 1.73 bits per heavy atom. The highest BCUT2D eigenvalue weighted by Gasteiger charge is 2.34. The van der Waals surface area contributed by atoms with E-state index >= 15 is 0 Å². The molecule has 0 amide bonds. The molecule has 216 valence electrons. The smallest absolute Gasteiger partial charge is 0.338 e. The van der Waals surface area contributed by atoms with Gasteiger partial charge in [-0.2, -0.15) is 0 Å². The van der Waals surface area contributed by atoms with Crippen molar-refractivity contribution in [2.75, 3.05) is 27.9 Å². The Morgan fingerprint density at radius 3 is 2.37 bits per heavy atom. The summed E-state index contributed by atoms with van der Waals surface area (Å²) >= 11 is 1.19. The Balaban J connectivity index is 1.95. The summed E-state index contributed by atoms with van der Waals surface area (Å²) in [5.74, 6) is 0.682. The summed E-state index contributed by atoms with van der Waals surface area (Å²) in [6.45, 7) is 7.08. The van der Waals surface area contributed by atoms with Crippen molar-refractivity contribution < 1.29 is 33.3 Å². The maximum Gasteiger partial charge on any atom is 0.338 e. The van der Waals surface area contributed by atoms with Crippen molar-refractivity contribution in [3.05, 3.63) is 78.5 Å². The molecule has 0 unspecified atom stereocenters. The molecule has 0 fully saturated rings. The van der Waals surface area contributed by atoms with E-state index < -0.39 is 18.0 Å². The number of hydrogen-bond acceptors (Lipinski definition) is 10. The van der Waals surface area contributed by atoms with Crippen LogP contribution in [0.2, 0.25) is 0 Å². The predicted molar refractivity (Wildman–Crippen MR) is 153 cm³/mol. The molecule has 11 heteroatoms. The van der Waals surface area contributed by atoms with E-state index in [9.17, 15) is 14.4 Å². The summed E-state index contributed by atoms with van der Waals surface area (Å²) in [5, 5.41) is 0. The van der Waals surface area contributed by atoms with E-state index in [4.69, 9.17) is 23.7 Å². The fourth-order valence-corrected chi connectivity index (χ4v) is 5.44. The van der Waals surface area contributed by atoms with Crippen LogP contribution in [0.15, 0.2) is 57.5 Å². The molecule has 0 radical (unpaired) electrons. The van der Waals surface area contributed by atoms with Gasteiger partial charge >= 0.3 is 11.9 Å². The fourth-order valence-electron chi connectivity index (χ4n) is 4.41. The number of benzene rings is 2. The molecule has 3 aromatic rings. The second kappa shape index (κ2) is 12.4. The van der Waals surface area contributed by atoms with Crippen LogP contribution in [0, 0.1) is 5.92 Å². The highest BCUT2D eigenvalue weighted by atomic mass is 32.1. The van der Waals surface area contributed by atoms with Crippen LogP contribution >= 0.6 is 11.3 Å². The van der Waals surface area contributed by atoms with E-state index in [1.165, 1.54) is 29.9 Å². The number of fused-ring (bicyclic) bond motifs is 1. The van der Waals surface area contributed by atoms with Gasteiger partial charge in [0.05, 0.1) is 49.8 Å². The third-order valence-corrected chi connectivity index (χ3v) is 7.25. The lowest BCUT2D eigenvalue weighted by molar-refractivity contribution is -0.140.